The van der Waals surface area contributed by atoms with Crippen LogP contribution in [-0.2, 0) is 13.0 Å². The van der Waals surface area contributed by atoms with Gasteiger partial charge in [0.25, 0.3) is 0 Å². The molecule has 20 heavy (non-hydrogen) atoms. The molecule has 1 saturated carbocycles. The van der Waals surface area contributed by atoms with Crippen LogP contribution in [0.25, 0.3) is 0 Å². The highest BCUT2D eigenvalue weighted by atomic mass is 16.3. The van der Waals surface area contributed by atoms with Crippen molar-refractivity contribution in [1.82, 2.24) is 9.88 Å². The maximum absolute atomic E-state index is 10.3. The average molecular weight is 274 g/mol. The molecule has 1 saturated heterocycles. The second-order valence-electron chi connectivity index (χ2n) is 6.60. The van der Waals surface area contributed by atoms with Gasteiger partial charge in [-0.05, 0) is 50.3 Å². The lowest BCUT2D eigenvalue weighted by molar-refractivity contribution is -0.0123. The summed E-state index contributed by atoms with van der Waals surface area (Å²) in [5.74, 6) is 0. The molecular formula is C17H26N2O. The molecule has 0 aromatic carbocycles. The van der Waals surface area contributed by atoms with Crippen LogP contribution in [0.1, 0.15) is 50.3 Å². The quantitative estimate of drug-likeness (QED) is 0.920. The molecule has 1 spiro atoms. The van der Waals surface area contributed by atoms with Crippen LogP contribution in [0.2, 0.25) is 0 Å². The monoisotopic (exact) mass is 274 g/mol. The van der Waals surface area contributed by atoms with Crippen LogP contribution in [0.5, 0.6) is 0 Å². The van der Waals surface area contributed by atoms with E-state index < -0.39 is 0 Å². The van der Waals surface area contributed by atoms with Gasteiger partial charge in [-0.25, -0.2) is 0 Å². The zero-order valence-electron chi connectivity index (χ0n) is 12.5. The van der Waals surface area contributed by atoms with E-state index in [1.54, 1.807) is 0 Å². The van der Waals surface area contributed by atoms with Crippen molar-refractivity contribution in [3.63, 3.8) is 0 Å². The second kappa shape index (κ2) is 5.82. The molecule has 1 aromatic heterocycles. The molecule has 1 N–H and O–H groups in total. The first kappa shape index (κ1) is 14.0. The van der Waals surface area contributed by atoms with Gasteiger partial charge in [0.1, 0.15) is 0 Å². The van der Waals surface area contributed by atoms with Crippen molar-refractivity contribution in [2.75, 3.05) is 13.1 Å². The molecular weight excluding hydrogens is 248 g/mol. The molecule has 3 rings (SSSR count). The van der Waals surface area contributed by atoms with E-state index in [1.807, 2.05) is 6.20 Å². The van der Waals surface area contributed by atoms with Crippen LogP contribution >= 0.6 is 0 Å². The van der Waals surface area contributed by atoms with Gasteiger partial charge in [0, 0.05) is 24.7 Å². The van der Waals surface area contributed by atoms with Crippen LogP contribution in [0.4, 0.5) is 0 Å². The molecule has 110 valence electrons. The zero-order chi connectivity index (χ0) is 14.0. The van der Waals surface area contributed by atoms with Gasteiger partial charge in [0.2, 0.25) is 0 Å². The number of aliphatic hydroxyl groups excluding tert-OH is 1. The fourth-order valence-electron chi connectivity index (χ4n) is 3.98. The zero-order valence-corrected chi connectivity index (χ0v) is 12.5. The number of aliphatic hydroxyl groups is 1. The first-order valence-electron chi connectivity index (χ1n) is 8.06. The Labute approximate surface area is 122 Å². The van der Waals surface area contributed by atoms with Crippen molar-refractivity contribution in [2.24, 2.45) is 5.41 Å². The van der Waals surface area contributed by atoms with Gasteiger partial charge in [0.15, 0.2) is 0 Å². The van der Waals surface area contributed by atoms with Crippen LogP contribution in [-0.4, -0.2) is 34.2 Å². The Bertz CT molecular complexity index is 445. The van der Waals surface area contributed by atoms with Gasteiger partial charge in [0.05, 0.1) is 11.8 Å². The minimum absolute atomic E-state index is 0.0827. The normalized spacial score (nSPS) is 31.0. The number of hydrogen-bond acceptors (Lipinski definition) is 3. The SMILES string of the molecule is CCc1ccc(CN2CCC[C@]3(CCC[C@H]3O)C2)nc1. The standard InChI is InChI=1S/C17H26N2O/c1-2-14-6-7-15(18-11-14)12-19-10-4-9-17(13-19)8-3-5-16(17)20/h6-7,11,16,20H,2-5,8-10,12-13H2,1H3/t16-,17-/m1/s1. The van der Waals surface area contributed by atoms with E-state index in [4.69, 9.17) is 0 Å². The van der Waals surface area contributed by atoms with Crippen molar-refractivity contribution >= 4 is 0 Å². The lowest BCUT2D eigenvalue weighted by atomic mass is 9.76. The van der Waals surface area contributed by atoms with Gasteiger partial charge >= 0.3 is 0 Å². The van der Waals surface area contributed by atoms with E-state index >= 15 is 0 Å². The largest absolute Gasteiger partial charge is 0.393 e. The van der Waals surface area contributed by atoms with E-state index in [2.05, 4.69) is 28.9 Å². The number of piperidine rings is 1. The fraction of sp³-hybridized carbons (Fsp3) is 0.706. The van der Waals surface area contributed by atoms with E-state index in [1.165, 1.54) is 31.2 Å². The summed E-state index contributed by atoms with van der Waals surface area (Å²) in [6, 6.07) is 4.34. The van der Waals surface area contributed by atoms with Crippen LogP contribution < -0.4 is 0 Å². The first-order chi connectivity index (χ1) is 9.72. The van der Waals surface area contributed by atoms with Crippen molar-refractivity contribution in [2.45, 2.75) is 58.1 Å². The molecule has 2 aliphatic rings. The van der Waals surface area contributed by atoms with Crippen molar-refractivity contribution in [1.29, 1.82) is 0 Å². The van der Waals surface area contributed by atoms with Gasteiger partial charge in [-0.3, -0.25) is 9.88 Å². The third-order valence-corrected chi connectivity index (χ3v) is 5.23. The predicted octanol–water partition coefficient (Wildman–Crippen LogP) is 2.77. The minimum Gasteiger partial charge on any atom is -0.393 e. The van der Waals surface area contributed by atoms with Gasteiger partial charge < -0.3 is 5.11 Å². The highest BCUT2D eigenvalue weighted by Gasteiger charge is 2.44. The van der Waals surface area contributed by atoms with Gasteiger partial charge in [-0.1, -0.05) is 19.4 Å². The maximum Gasteiger partial charge on any atom is 0.0608 e. The molecule has 2 atom stereocenters. The Morgan fingerprint density at radius 3 is 2.85 bits per heavy atom. The summed E-state index contributed by atoms with van der Waals surface area (Å²) in [5, 5.41) is 10.3. The van der Waals surface area contributed by atoms with E-state index in [0.717, 1.165) is 38.2 Å². The number of aromatic nitrogens is 1. The van der Waals surface area contributed by atoms with E-state index in [9.17, 15) is 5.11 Å². The van der Waals surface area contributed by atoms with Crippen LogP contribution in [0.3, 0.4) is 0 Å². The van der Waals surface area contributed by atoms with Crippen molar-refractivity contribution < 1.29 is 5.11 Å². The Kier molecular flexibility index (Phi) is 4.08. The molecule has 2 heterocycles. The molecule has 3 heteroatoms. The lowest BCUT2D eigenvalue weighted by Crippen LogP contribution is -2.46. The summed E-state index contributed by atoms with van der Waals surface area (Å²) < 4.78 is 0. The Balaban J connectivity index is 1.65. The topological polar surface area (TPSA) is 36.4 Å². The molecule has 0 bridgehead atoms. The molecule has 0 radical (unpaired) electrons. The van der Waals surface area contributed by atoms with Crippen LogP contribution in [0.15, 0.2) is 18.3 Å². The summed E-state index contributed by atoms with van der Waals surface area (Å²) in [6.45, 7) is 5.28. The highest BCUT2D eigenvalue weighted by Crippen LogP contribution is 2.45. The number of pyridine rings is 1. The second-order valence-corrected chi connectivity index (χ2v) is 6.60. The first-order valence-corrected chi connectivity index (χ1v) is 8.06. The Morgan fingerprint density at radius 2 is 2.20 bits per heavy atom. The maximum atomic E-state index is 10.3. The Morgan fingerprint density at radius 1 is 1.35 bits per heavy atom. The molecule has 1 aliphatic heterocycles. The number of aryl methyl sites for hydroxylation is 1. The van der Waals surface area contributed by atoms with E-state index in [0.29, 0.717) is 0 Å². The third kappa shape index (κ3) is 2.75. The summed E-state index contributed by atoms with van der Waals surface area (Å²) in [5.41, 5.74) is 2.64. The molecule has 2 fully saturated rings. The highest BCUT2D eigenvalue weighted by molar-refractivity contribution is 5.14. The van der Waals surface area contributed by atoms with Crippen molar-refractivity contribution in [3.8, 4) is 0 Å². The number of likely N-dealkylation sites (tertiary alicyclic amines) is 1. The summed E-state index contributed by atoms with van der Waals surface area (Å²) in [4.78, 5) is 7.07. The minimum atomic E-state index is -0.0827. The lowest BCUT2D eigenvalue weighted by Gasteiger charge is -2.42. The molecule has 1 aliphatic carbocycles. The smallest absolute Gasteiger partial charge is 0.0608 e. The molecule has 0 unspecified atom stereocenters. The fourth-order valence-corrected chi connectivity index (χ4v) is 3.98. The average Bonchev–Trinajstić information content (AvgIpc) is 2.81. The van der Waals surface area contributed by atoms with E-state index in [-0.39, 0.29) is 11.5 Å². The number of hydrogen-bond donors (Lipinski definition) is 1. The number of nitrogens with zero attached hydrogens (tertiary/aromatic N) is 2. The molecule has 0 amide bonds. The summed E-state index contributed by atoms with van der Waals surface area (Å²) in [6.07, 6.45) is 8.77. The summed E-state index contributed by atoms with van der Waals surface area (Å²) in [7, 11) is 0. The molecule has 1 aromatic rings. The van der Waals surface area contributed by atoms with Crippen molar-refractivity contribution in [3.05, 3.63) is 29.6 Å². The van der Waals surface area contributed by atoms with Gasteiger partial charge in [-0.2, -0.15) is 0 Å². The predicted molar refractivity (Wildman–Crippen MR) is 80.4 cm³/mol. The van der Waals surface area contributed by atoms with Crippen LogP contribution in [0, 0.1) is 5.41 Å². The Hall–Kier alpha value is -0.930. The van der Waals surface area contributed by atoms with Gasteiger partial charge in [-0.15, -0.1) is 0 Å². The summed E-state index contributed by atoms with van der Waals surface area (Å²) >= 11 is 0. The molecule has 3 nitrogen and oxygen atoms in total. The number of rotatable bonds is 3. The third-order valence-electron chi connectivity index (χ3n) is 5.23.